The van der Waals surface area contributed by atoms with Gasteiger partial charge in [-0.25, -0.2) is 13.1 Å². The summed E-state index contributed by atoms with van der Waals surface area (Å²) in [6.45, 7) is 5.52. The van der Waals surface area contributed by atoms with Gasteiger partial charge in [0.25, 0.3) is 5.91 Å². The molecule has 0 aliphatic carbocycles. The second kappa shape index (κ2) is 6.24. The molecule has 0 bridgehead atoms. The van der Waals surface area contributed by atoms with E-state index in [1.807, 2.05) is 13.0 Å². The first-order valence-electron chi connectivity index (χ1n) is 6.03. The van der Waals surface area contributed by atoms with Crippen molar-refractivity contribution in [2.75, 3.05) is 12.8 Å². The van der Waals surface area contributed by atoms with Crippen LogP contribution in [0.2, 0.25) is 0 Å². The first kappa shape index (κ1) is 17.1. The Bertz CT molecular complexity index is 592. The van der Waals surface area contributed by atoms with E-state index in [1.54, 1.807) is 26.0 Å². The van der Waals surface area contributed by atoms with Gasteiger partial charge in [-0.05, 0) is 44.5 Å². The molecule has 0 heterocycles. The summed E-state index contributed by atoms with van der Waals surface area (Å²) in [6.07, 6.45) is 1.09. The zero-order valence-electron chi connectivity index (χ0n) is 12.0. The van der Waals surface area contributed by atoms with Crippen LogP contribution in [-0.4, -0.2) is 32.7 Å². The lowest BCUT2D eigenvalue weighted by atomic mass is 10.1. The molecule has 0 aliphatic rings. The Hall–Kier alpha value is -0.920. The molecule has 112 valence electrons. The molecule has 7 heteroatoms. The van der Waals surface area contributed by atoms with E-state index in [-0.39, 0.29) is 12.5 Å². The molecule has 0 radical (unpaired) electrons. The summed E-state index contributed by atoms with van der Waals surface area (Å²) in [4.78, 5) is 12.1. The van der Waals surface area contributed by atoms with E-state index < -0.39 is 15.6 Å². The Morgan fingerprint density at radius 2 is 1.90 bits per heavy atom. The largest absolute Gasteiger partial charge is 0.350 e. The lowest BCUT2D eigenvalue weighted by Crippen LogP contribution is -2.51. The molecule has 2 N–H and O–H groups in total. The fourth-order valence-corrected chi connectivity index (χ4v) is 3.49. The number of aryl methyl sites for hydroxylation is 1. The highest BCUT2D eigenvalue weighted by Crippen LogP contribution is 2.15. The second-order valence-corrected chi connectivity index (χ2v) is 8.12. The molecule has 0 saturated heterocycles. The summed E-state index contributed by atoms with van der Waals surface area (Å²) < 4.78 is 25.7. The van der Waals surface area contributed by atoms with Gasteiger partial charge in [0, 0.05) is 22.1 Å². The lowest BCUT2D eigenvalue weighted by molar-refractivity contribution is 0.0944. The minimum Gasteiger partial charge on any atom is -0.350 e. The van der Waals surface area contributed by atoms with E-state index in [9.17, 15) is 13.2 Å². The highest BCUT2D eigenvalue weighted by Gasteiger charge is 2.23. The fourth-order valence-electron chi connectivity index (χ4n) is 1.81. The van der Waals surface area contributed by atoms with Gasteiger partial charge >= 0.3 is 0 Å². The molecule has 0 aromatic heterocycles. The van der Waals surface area contributed by atoms with Crippen LogP contribution in [0.15, 0.2) is 22.7 Å². The number of hydrogen-bond donors (Lipinski definition) is 2. The highest BCUT2D eigenvalue weighted by molar-refractivity contribution is 9.10. The molecule has 0 aliphatic heterocycles. The Balaban J connectivity index is 2.72. The van der Waals surface area contributed by atoms with Crippen molar-refractivity contribution in [1.29, 1.82) is 0 Å². The van der Waals surface area contributed by atoms with Gasteiger partial charge in [0.2, 0.25) is 10.0 Å². The van der Waals surface area contributed by atoms with Gasteiger partial charge < -0.3 is 5.32 Å². The lowest BCUT2D eigenvalue weighted by Gasteiger charge is -2.25. The fraction of sp³-hybridized carbons (Fsp3) is 0.462. The van der Waals surface area contributed by atoms with E-state index in [4.69, 9.17) is 0 Å². The summed E-state index contributed by atoms with van der Waals surface area (Å²) in [5.41, 5.74) is 0.759. The molecule has 0 unspecified atom stereocenters. The predicted octanol–water partition coefficient (Wildman–Crippen LogP) is 1.82. The van der Waals surface area contributed by atoms with Crippen molar-refractivity contribution in [3.63, 3.8) is 0 Å². The number of rotatable bonds is 5. The topological polar surface area (TPSA) is 75.3 Å². The zero-order valence-corrected chi connectivity index (χ0v) is 14.4. The molecule has 0 atom stereocenters. The van der Waals surface area contributed by atoms with Gasteiger partial charge in [0.15, 0.2) is 0 Å². The predicted molar refractivity (Wildman–Crippen MR) is 83.3 cm³/mol. The van der Waals surface area contributed by atoms with Crippen LogP contribution in [0, 0.1) is 6.92 Å². The van der Waals surface area contributed by atoms with Gasteiger partial charge in [-0.2, -0.15) is 0 Å². The Labute approximate surface area is 128 Å². The normalized spacial score (nSPS) is 12.2. The molecule has 0 saturated carbocycles. The molecule has 1 aromatic rings. The van der Waals surface area contributed by atoms with Gasteiger partial charge in [-0.1, -0.05) is 15.9 Å². The monoisotopic (exact) mass is 362 g/mol. The molecule has 0 fully saturated rings. The van der Waals surface area contributed by atoms with Gasteiger partial charge in [-0.15, -0.1) is 0 Å². The maximum Gasteiger partial charge on any atom is 0.251 e. The quantitative estimate of drug-likeness (QED) is 0.838. The molecule has 20 heavy (non-hydrogen) atoms. The molecule has 1 rings (SSSR count). The van der Waals surface area contributed by atoms with Crippen molar-refractivity contribution in [2.45, 2.75) is 26.3 Å². The van der Waals surface area contributed by atoms with Crippen molar-refractivity contribution in [2.24, 2.45) is 0 Å². The van der Waals surface area contributed by atoms with Crippen molar-refractivity contribution in [3.05, 3.63) is 33.8 Å². The number of sulfonamides is 1. The van der Waals surface area contributed by atoms with E-state index in [1.165, 1.54) is 0 Å². The minimum absolute atomic E-state index is 0.199. The van der Waals surface area contributed by atoms with E-state index in [2.05, 4.69) is 26.0 Å². The number of carbonyl (C=O) groups is 1. The van der Waals surface area contributed by atoms with Crippen molar-refractivity contribution in [3.8, 4) is 0 Å². The average molecular weight is 363 g/mol. The highest BCUT2D eigenvalue weighted by atomic mass is 79.9. The number of amides is 1. The van der Waals surface area contributed by atoms with Crippen LogP contribution in [-0.2, 0) is 10.0 Å². The molecular formula is C13H19BrN2O3S. The summed E-state index contributed by atoms with van der Waals surface area (Å²) in [5.74, 6) is -0.238. The third-order valence-electron chi connectivity index (χ3n) is 2.46. The third-order valence-corrected chi connectivity index (χ3v) is 3.84. The first-order chi connectivity index (χ1) is 8.98. The van der Waals surface area contributed by atoms with Crippen LogP contribution in [0.1, 0.15) is 29.8 Å². The summed E-state index contributed by atoms with van der Waals surface area (Å²) in [6, 6.07) is 5.41. The summed E-state index contributed by atoms with van der Waals surface area (Å²) >= 11 is 3.34. The Kier molecular flexibility index (Phi) is 5.34. The number of nitrogens with one attached hydrogen (secondary N) is 2. The molecular weight excluding hydrogens is 344 g/mol. The van der Waals surface area contributed by atoms with E-state index >= 15 is 0 Å². The first-order valence-corrected chi connectivity index (χ1v) is 8.71. The van der Waals surface area contributed by atoms with Crippen LogP contribution in [0.5, 0.6) is 0 Å². The SMILES string of the molecule is Cc1cc(Br)cc(C(=O)NCC(C)(C)NS(C)(=O)=O)c1. The van der Waals surface area contributed by atoms with E-state index in [0.717, 1.165) is 16.3 Å². The van der Waals surface area contributed by atoms with Gasteiger partial charge in [0.05, 0.1) is 6.26 Å². The zero-order chi connectivity index (χ0) is 15.6. The minimum atomic E-state index is -3.32. The summed E-state index contributed by atoms with van der Waals surface area (Å²) in [5, 5.41) is 2.73. The Morgan fingerprint density at radius 1 is 1.30 bits per heavy atom. The van der Waals surface area contributed by atoms with E-state index in [0.29, 0.717) is 5.56 Å². The van der Waals surface area contributed by atoms with Crippen LogP contribution in [0.4, 0.5) is 0 Å². The summed E-state index contributed by atoms with van der Waals surface area (Å²) in [7, 11) is -3.32. The average Bonchev–Trinajstić information content (AvgIpc) is 2.21. The van der Waals surface area contributed by atoms with Crippen molar-refractivity contribution < 1.29 is 13.2 Å². The van der Waals surface area contributed by atoms with Gasteiger partial charge in [0.1, 0.15) is 0 Å². The van der Waals surface area contributed by atoms with Crippen molar-refractivity contribution >= 4 is 31.9 Å². The van der Waals surface area contributed by atoms with Crippen LogP contribution in [0.3, 0.4) is 0 Å². The number of hydrogen-bond acceptors (Lipinski definition) is 3. The second-order valence-electron chi connectivity index (χ2n) is 5.46. The smallest absolute Gasteiger partial charge is 0.251 e. The number of carbonyl (C=O) groups excluding carboxylic acids is 1. The van der Waals surface area contributed by atoms with Crippen LogP contribution >= 0.6 is 15.9 Å². The maximum absolute atomic E-state index is 12.1. The van der Waals surface area contributed by atoms with Crippen LogP contribution < -0.4 is 10.0 Å². The third kappa shape index (κ3) is 6.02. The molecule has 0 spiro atoms. The molecule has 5 nitrogen and oxygen atoms in total. The molecule has 1 aromatic carbocycles. The maximum atomic E-state index is 12.1. The molecule has 1 amide bonds. The standard InChI is InChI=1S/C13H19BrN2O3S/c1-9-5-10(7-11(14)6-9)12(17)15-8-13(2,3)16-20(4,18)19/h5-7,16H,8H2,1-4H3,(H,15,17). The number of benzene rings is 1. The number of halogens is 1. The Morgan fingerprint density at radius 3 is 2.40 bits per heavy atom. The van der Waals surface area contributed by atoms with Crippen molar-refractivity contribution in [1.82, 2.24) is 10.0 Å². The van der Waals surface area contributed by atoms with Crippen LogP contribution in [0.25, 0.3) is 0 Å². The van der Waals surface area contributed by atoms with Gasteiger partial charge in [-0.3, -0.25) is 4.79 Å².